The number of fused-ring (bicyclic) bond motifs is 4. The maximum atomic E-state index is 13.2. The molecule has 0 radical (unpaired) electrons. The summed E-state index contributed by atoms with van der Waals surface area (Å²) in [7, 11) is -1.97. The van der Waals surface area contributed by atoms with Crippen molar-refractivity contribution in [2.75, 3.05) is 31.6 Å². The Morgan fingerprint density at radius 3 is 2.85 bits per heavy atom. The Bertz CT molecular complexity index is 1050. The molecule has 4 heterocycles. The van der Waals surface area contributed by atoms with Gasteiger partial charge in [0.05, 0.1) is 17.4 Å². The zero-order valence-electron chi connectivity index (χ0n) is 14.8. The lowest BCUT2D eigenvalue weighted by molar-refractivity contribution is -0.122. The Morgan fingerprint density at radius 1 is 1.19 bits per heavy atom. The van der Waals surface area contributed by atoms with Crippen molar-refractivity contribution in [3.8, 4) is 5.75 Å². The van der Waals surface area contributed by atoms with E-state index >= 15 is 0 Å². The number of pyridine rings is 1. The normalized spacial score (nSPS) is 24.3. The van der Waals surface area contributed by atoms with Gasteiger partial charge in [0, 0.05) is 56.6 Å². The van der Waals surface area contributed by atoms with Crippen LogP contribution in [0.1, 0.15) is 17.0 Å². The van der Waals surface area contributed by atoms with E-state index in [2.05, 4.69) is 4.98 Å². The molecule has 1 aromatic heterocycles. The first kappa shape index (κ1) is 16.7. The summed E-state index contributed by atoms with van der Waals surface area (Å²) in [6.45, 7) is 1.04. The first-order chi connectivity index (χ1) is 13.0. The van der Waals surface area contributed by atoms with Gasteiger partial charge >= 0.3 is 0 Å². The summed E-state index contributed by atoms with van der Waals surface area (Å²) in [5, 5.41) is 0. The smallest absolute Gasteiger partial charge is 0.243 e. The molecule has 0 unspecified atom stereocenters. The van der Waals surface area contributed by atoms with Crippen molar-refractivity contribution in [2.24, 2.45) is 5.92 Å². The summed E-state index contributed by atoms with van der Waals surface area (Å²) >= 11 is 0. The van der Waals surface area contributed by atoms with Crippen LogP contribution in [0.25, 0.3) is 0 Å². The van der Waals surface area contributed by atoms with Crippen LogP contribution in [0.4, 0.5) is 5.69 Å². The molecule has 0 spiro atoms. The maximum Gasteiger partial charge on any atom is 0.243 e. The van der Waals surface area contributed by atoms with E-state index < -0.39 is 10.0 Å². The molecular weight excluding hydrogens is 366 g/mol. The lowest BCUT2D eigenvalue weighted by Gasteiger charge is -2.32. The highest BCUT2D eigenvalue weighted by Gasteiger charge is 2.48. The van der Waals surface area contributed by atoms with Crippen LogP contribution < -0.4 is 9.64 Å². The molecule has 27 heavy (non-hydrogen) atoms. The molecule has 1 amide bonds. The van der Waals surface area contributed by atoms with E-state index in [1.165, 1.54) is 4.31 Å². The number of carbonyl (C=O) groups excluding carboxylic acids is 1. The first-order valence-electron chi connectivity index (χ1n) is 8.94. The van der Waals surface area contributed by atoms with E-state index in [1.54, 1.807) is 42.5 Å². The number of nitrogens with zero attached hydrogens (tertiary/aromatic N) is 3. The third-order valence-electron chi connectivity index (χ3n) is 5.83. The molecule has 3 aliphatic rings. The van der Waals surface area contributed by atoms with Crippen LogP contribution >= 0.6 is 0 Å². The van der Waals surface area contributed by atoms with Crippen molar-refractivity contribution in [3.63, 3.8) is 0 Å². The Hall–Kier alpha value is -2.45. The highest BCUT2D eigenvalue weighted by atomic mass is 32.2. The summed E-state index contributed by atoms with van der Waals surface area (Å²) in [6.07, 6.45) is 4.19. The number of sulfonamides is 1. The SMILES string of the molecule is CN1C(=O)[C@@H]2CN(S(=O)(=O)c3ccc4c(c3)OCC4)C[C@@H]2c2cnccc21. The van der Waals surface area contributed by atoms with Gasteiger partial charge in [-0.15, -0.1) is 0 Å². The summed E-state index contributed by atoms with van der Waals surface area (Å²) in [4.78, 5) is 18.8. The van der Waals surface area contributed by atoms with Crippen molar-refractivity contribution in [2.45, 2.75) is 17.2 Å². The number of benzene rings is 1. The molecule has 0 N–H and O–H groups in total. The second kappa shape index (κ2) is 5.77. The monoisotopic (exact) mass is 385 g/mol. The van der Waals surface area contributed by atoms with Crippen molar-refractivity contribution in [3.05, 3.63) is 47.8 Å². The van der Waals surface area contributed by atoms with Gasteiger partial charge in [-0.2, -0.15) is 4.31 Å². The fourth-order valence-corrected chi connectivity index (χ4v) is 5.85. The van der Waals surface area contributed by atoms with Gasteiger partial charge < -0.3 is 9.64 Å². The van der Waals surface area contributed by atoms with Crippen LogP contribution in [0.15, 0.2) is 41.6 Å². The predicted molar refractivity (Wildman–Crippen MR) is 98.3 cm³/mol. The zero-order valence-corrected chi connectivity index (χ0v) is 15.6. The minimum Gasteiger partial charge on any atom is -0.493 e. The molecule has 2 aromatic rings. The minimum absolute atomic E-state index is 0.0475. The highest BCUT2D eigenvalue weighted by molar-refractivity contribution is 7.89. The number of ether oxygens (including phenoxy) is 1. The molecular formula is C19H19N3O4S. The molecule has 1 saturated heterocycles. The average molecular weight is 385 g/mol. The topological polar surface area (TPSA) is 79.8 Å². The first-order valence-corrected chi connectivity index (χ1v) is 10.4. The number of hydrogen-bond donors (Lipinski definition) is 0. The van der Waals surface area contributed by atoms with Crippen molar-refractivity contribution in [1.29, 1.82) is 0 Å². The molecule has 5 rings (SSSR count). The fraction of sp³-hybridized carbons (Fsp3) is 0.368. The number of carbonyl (C=O) groups is 1. The lowest BCUT2D eigenvalue weighted by atomic mass is 9.84. The molecule has 2 atom stereocenters. The van der Waals surface area contributed by atoms with Gasteiger partial charge in [-0.3, -0.25) is 9.78 Å². The van der Waals surface area contributed by atoms with Crippen molar-refractivity contribution >= 4 is 21.6 Å². The fourth-order valence-electron chi connectivity index (χ4n) is 4.34. The number of aromatic nitrogens is 1. The van der Waals surface area contributed by atoms with E-state index in [-0.39, 0.29) is 35.7 Å². The minimum atomic E-state index is -3.70. The van der Waals surface area contributed by atoms with E-state index in [1.807, 2.05) is 6.07 Å². The van der Waals surface area contributed by atoms with Gasteiger partial charge in [-0.25, -0.2) is 8.42 Å². The van der Waals surface area contributed by atoms with E-state index in [0.717, 1.165) is 23.2 Å². The molecule has 0 aliphatic carbocycles. The standard InChI is InChI=1S/C19H19N3O4S/c1-21-17-4-6-20-9-14(17)15-10-22(11-16(15)19(21)23)27(24,25)13-3-2-12-5-7-26-18(12)8-13/h2-4,6,8-9,15-16H,5,7,10-11H2,1H3/t15-,16-/m1/s1. The quantitative estimate of drug-likeness (QED) is 0.781. The molecule has 1 aromatic carbocycles. The highest BCUT2D eigenvalue weighted by Crippen LogP contribution is 2.44. The molecule has 8 heteroatoms. The largest absolute Gasteiger partial charge is 0.493 e. The Morgan fingerprint density at radius 2 is 2.00 bits per heavy atom. The van der Waals surface area contributed by atoms with Crippen molar-refractivity contribution < 1.29 is 17.9 Å². The van der Waals surface area contributed by atoms with Crippen LogP contribution in [0.5, 0.6) is 5.75 Å². The van der Waals surface area contributed by atoms with E-state index in [0.29, 0.717) is 12.4 Å². The van der Waals surface area contributed by atoms with Crippen LogP contribution in [-0.4, -0.2) is 50.4 Å². The van der Waals surface area contributed by atoms with Gasteiger partial charge in [0.25, 0.3) is 0 Å². The molecule has 140 valence electrons. The summed E-state index contributed by atoms with van der Waals surface area (Å²) < 4.78 is 33.4. The number of amides is 1. The lowest BCUT2D eigenvalue weighted by Crippen LogP contribution is -2.41. The summed E-state index contributed by atoms with van der Waals surface area (Å²) in [5.74, 6) is 0.0386. The van der Waals surface area contributed by atoms with Gasteiger partial charge in [-0.1, -0.05) is 6.07 Å². The van der Waals surface area contributed by atoms with Gasteiger partial charge in [0.1, 0.15) is 5.75 Å². The number of anilines is 1. The molecule has 1 fully saturated rings. The number of hydrogen-bond acceptors (Lipinski definition) is 5. The number of rotatable bonds is 2. The van der Waals surface area contributed by atoms with Gasteiger partial charge in [0.2, 0.25) is 15.9 Å². The third kappa shape index (κ3) is 2.40. The van der Waals surface area contributed by atoms with Crippen LogP contribution in [-0.2, 0) is 21.2 Å². The maximum absolute atomic E-state index is 13.2. The van der Waals surface area contributed by atoms with Gasteiger partial charge in [-0.05, 0) is 23.3 Å². The Balaban J connectivity index is 1.51. The molecule has 0 bridgehead atoms. The van der Waals surface area contributed by atoms with E-state index in [4.69, 9.17) is 4.74 Å². The molecule has 3 aliphatic heterocycles. The average Bonchev–Trinajstić information content (AvgIpc) is 3.33. The van der Waals surface area contributed by atoms with Crippen LogP contribution in [0.3, 0.4) is 0 Å². The zero-order chi connectivity index (χ0) is 18.8. The second-order valence-corrected chi connectivity index (χ2v) is 9.17. The summed E-state index contributed by atoms with van der Waals surface area (Å²) in [5.41, 5.74) is 2.77. The van der Waals surface area contributed by atoms with E-state index in [9.17, 15) is 13.2 Å². The van der Waals surface area contributed by atoms with Gasteiger partial charge in [0.15, 0.2) is 0 Å². The summed E-state index contributed by atoms with van der Waals surface area (Å²) in [6, 6.07) is 6.85. The van der Waals surface area contributed by atoms with Crippen LogP contribution in [0.2, 0.25) is 0 Å². The second-order valence-electron chi connectivity index (χ2n) is 7.23. The Labute approximate surface area is 157 Å². The van der Waals surface area contributed by atoms with Crippen molar-refractivity contribution in [1.82, 2.24) is 9.29 Å². The van der Waals surface area contributed by atoms with Crippen LogP contribution in [0, 0.1) is 5.92 Å². The molecule has 7 nitrogen and oxygen atoms in total. The molecule has 0 saturated carbocycles. The third-order valence-corrected chi connectivity index (χ3v) is 7.66. The predicted octanol–water partition coefficient (Wildman–Crippen LogP) is 1.40. The Kier molecular flexibility index (Phi) is 3.57.